The van der Waals surface area contributed by atoms with Gasteiger partial charge in [-0.25, -0.2) is 13.6 Å². The minimum atomic E-state index is -3.79. The maximum Gasteiger partial charge on any atom is 0.241 e. The van der Waals surface area contributed by atoms with Crippen LogP contribution in [0.5, 0.6) is 5.75 Å². The van der Waals surface area contributed by atoms with E-state index in [1.165, 1.54) is 18.9 Å². The maximum absolute atomic E-state index is 11.7. The highest BCUT2D eigenvalue weighted by atomic mass is 79.9. The number of primary sulfonamides is 1. The lowest BCUT2D eigenvalue weighted by Gasteiger charge is -2.20. The summed E-state index contributed by atoms with van der Waals surface area (Å²) in [5.41, 5.74) is 0.785. The summed E-state index contributed by atoms with van der Waals surface area (Å²) in [6.45, 7) is 1.84. The summed E-state index contributed by atoms with van der Waals surface area (Å²) in [6.07, 6.45) is 6.73. The van der Waals surface area contributed by atoms with Crippen molar-refractivity contribution >= 4 is 26.0 Å². The van der Waals surface area contributed by atoms with E-state index in [4.69, 9.17) is 9.88 Å². The van der Waals surface area contributed by atoms with E-state index >= 15 is 0 Å². The van der Waals surface area contributed by atoms with E-state index in [2.05, 4.69) is 15.9 Å². The molecule has 0 unspecified atom stereocenters. The number of hydrogen-bond acceptors (Lipinski definition) is 3. The van der Waals surface area contributed by atoms with Gasteiger partial charge in [0.25, 0.3) is 0 Å². The van der Waals surface area contributed by atoms with E-state index in [-0.39, 0.29) is 11.0 Å². The Morgan fingerprint density at radius 2 is 1.80 bits per heavy atom. The standard InChI is InChI=1S/C14H20BrNO3S/c1-10-8-11(15)9-13(20(16,17)18)14(10)19-12-6-4-2-3-5-7-12/h8-9,12H,2-7H2,1H3,(H2,16,17,18). The van der Waals surface area contributed by atoms with Crippen LogP contribution >= 0.6 is 15.9 Å². The van der Waals surface area contributed by atoms with Gasteiger partial charge in [-0.15, -0.1) is 0 Å². The van der Waals surface area contributed by atoms with Gasteiger partial charge in [0.05, 0.1) is 6.10 Å². The Hall–Kier alpha value is -0.590. The van der Waals surface area contributed by atoms with Crippen LogP contribution in [0.4, 0.5) is 0 Å². The Bertz CT molecular complexity index is 578. The molecule has 1 fully saturated rings. The molecular weight excluding hydrogens is 342 g/mol. The lowest BCUT2D eigenvalue weighted by Crippen LogP contribution is -2.20. The van der Waals surface area contributed by atoms with Crippen molar-refractivity contribution in [2.75, 3.05) is 0 Å². The highest BCUT2D eigenvalue weighted by molar-refractivity contribution is 9.10. The van der Waals surface area contributed by atoms with Gasteiger partial charge in [0, 0.05) is 4.47 Å². The largest absolute Gasteiger partial charge is 0.489 e. The molecule has 4 nitrogen and oxygen atoms in total. The van der Waals surface area contributed by atoms with E-state index in [1.807, 2.05) is 13.0 Å². The molecule has 0 bridgehead atoms. The smallest absolute Gasteiger partial charge is 0.241 e. The second kappa shape index (κ2) is 6.45. The molecule has 0 amide bonds. The molecule has 0 atom stereocenters. The van der Waals surface area contributed by atoms with Gasteiger partial charge in [-0.2, -0.15) is 0 Å². The Morgan fingerprint density at radius 1 is 1.20 bits per heavy atom. The van der Waals surface area contributed by atoms with Crippen molar-refractivity contribution in [3.05, 3.63) is 22.2 Å². The molecule has 1 aliphatic carbocycles. The van der Waals surface area contributed by atoms with Crippen molar-refractivity contribution in [1.82, 2.24) is 0 Å². The van der Waals surface area contributed by atoms with Crippen LogP contribution in [0, 0.1) is 6.92 Å². The quantitative estimate of drug-likeness (QED) is 0.837. The second-order valence-corrected chi connectivity index (χ2v) is 7.77. The van der Waals surface area contributed by atoms with Crippen molar-refractivity contribution in [2.24, 2.45) is 5.14 Å². The molecular formula is C14H20BrNO3S. The number of nitrogens with two attached hydrogens (primary N) is 1. The Morgan fingerprint density at radius 3 is 2.35 bits per heavy atom. The Kier molecular flexibility index (Phi) is 5.09. The number of halogens is 1. The summed E-state index contributed by atoms with van der Waals surface area (Å²) in [5, 5.41) is 5.30. The van der Waals surface area contributed by atoms with Gasteiger partial charge in [-0.05, 0) is 50.3 Å². The summed E-state index contributed by atoms with van der Waals surface area (Å²) >= 11 is 3.30. The molecule has 20 heavy (non-hydrogen) atoms. The van der Waals surface area contributed by atoms with Gasteiger partial charge >= 0.3 is 0 Å². The van der Waals surface area contributed by atoms with Crippen molar-refractivity contribution < 1.29 is 13.2 Å². The summed E-state index contributed by atoms with van der Waals surface area (Å²) in [4.78, 5) is 0.0635. The average molecular weight is 362 g/mol. The van der Waals surface area contributed by atoms with Gasteiger partial charge in [-0.1, -0.05) is 28.8 Å². The molecule has 1 saturated carbocycles. The maximum atomic E-state index is 11.7. The predicted molar refractivity (Wildman–Crippen MR) is 82.4 cm³/mol. The first kappa shape index (κ1) is 15.8. The third-order valence-corrected chi connectivity index (χ3v) is 4.97. The number of rotatable bonds is 3. The molecule has 6 heteroatoms. The lowest BCUT2D eigenvalue weighted by molar-refractivity contribution is 0.177. The molecule has 0 aliphatic heterocycles. The van der Waals surface area contributed by atoms with Crippen LogP contribution in [0.15, 0.2) is 21.5 Å². The first-order valence-electron chi connectivity index (χ1n) is 6.87. The molecule has 0 aromatic heterocycles. The first-order chi connectivity index (χ1) is 9.38. The fraction of sp³-hybridized carbons (Fsp3) is 0.571. The number of aryl methyl sites for hydroxylation is 1. The summed E-state index contributed by atoms with van der Waals surface area (Å²) in [6, 6.07) is 3.36. The summed E-state index contributed by atoms with van der Waals surface area (Å²) < 4.78 is 30.2. The van der Waals surface area contributed by atoms with Crippen molar-refractivity contribution in [3.8, 4) is 5.75 Å². The predicted octanol–water partition coefficient (Wildman–Crippen LogP) is 3.51. The van der Waals surface area contributed by atoms with Crippen LogP contribution in [-0.2, 0) is 10.0 Å². The van der Waals surface area contributed by atoms with E-state index in [0.29, 0.717) is 10.2 Å². The van der Waals surface area contributed by atoms with E-state index in [1.54, 1.807) is 0 Å². The third kappa shape index (κ3) is 3.96. The average Bonchev–Trinajstić information content (AvgIpc) is 2.59. The van der Waals surface area contributed by atoms with Crippen LogP contribution in [0.1, 0.15) is 44.1 Å². The zero-order chi connectivity index (χ0) is 14.8. The molecule has 2 rings (SSSR count). The normalized spacial score (nSPS) is 17.8. The zero-order valence-corrected chi connectivity index (χ0v) is 14.0. The number of hydrogen-bond donors (Lipinski definition) is 1. The fourth-order valence-electron chi connectivity index (χ4n) is 2.59. The van der Waals surface area contributed by atoms with Gasteiger partial charge < -0.3 is 4.74 Å². The van der Waals surface area contributed by atoms with Crippen LogP contribution in [0.3, 0.4) is 0 Å². The lowest BCUT2D eigenvalue weighted by atomic mass is 10.1. The minimum absolute atomic E-state index is 0.0635. The number of ether oxygens (including phenoxy) is 1. The topological polar surface area (TPSA) is 69.4 Å². The van der Waals surface area contributed by atoms with Crippen LogP contribution in [0.25, 0.3) is 0 Å². The van der Waals surface area contributed by atoms with E-state index in [0.717, 1.165) is 31.2 Å². The molecule has 1 aliphatic rings. The second-order valence-electron chi connectivity index (χ2n) is 5.33. The van der Waals surface area contributed by atoms with Gasteiger partial charge in [-0.3, -0.25) is 0 Å². The first-order valence-corrected chi connectivity index (χ1v) is 9.21. The number of benzene rings is 1. The van der Waals surface area contributed by atoms with Gasteiger partial charge in [0.1, 0.15) is 10.6 Å². The molecule has 0 spiro atoms. The van der Waals surface area contributed by atoms with Crippen molar-refractivity contribution in [2.45, 2.75) is 56.4 Å². The molecule has 0 saturated heterocycles. The van der Waals surface area contributed by atoms with Gasteiger partial charge in [0.2, 0.25) is 10.0 Å². The van der Waals surface area contributed by atoms with Crippen molar-refractivity contribution in [3.63, 3.8) is 0 Å². The van der Waals surface area contributed by atoms with Crippen LogP contribution in [0.2, 0.25) is 0 Å². The number of sulfonamides is 1. The van der Waals surface area contributed by atoms with Crippen LogP contribution < -0.4 is 9.88 Å². The Balaban J connectivity index is 2.34. The van der Waals surface area contributed by atoms with Gasteiger partial charge in [0.15, 0.2) is 0 Å². The Labute approximate surface area is 128 Å². The van der Waals surface area contributed by atoms with Crippen molar-refractivity contribution in [1.29, 1.82) is 0 Å². The fourth-order valence-corrected chi connectivity index (χ4v) is 4.07. The molecule has 2 N–H and O–H groups in total. The molecule has 1 aromatic carbocycles. The third-order valence-electron chi connectivity index (χ3n) is 3.60. The van der Waals surface area contributed by atoms with E-state index < -0.39 is 10.0 Å². The summed E-state index contributed by atoms with van der Waals surface area (Å²) in [5.74, 6) is 0.405. The SMILES string of the molecule is Cc1cc(Br)cc(S(N)(=O)=O)c1OC1CCCCCC1. The zero-order valence-electron chi connectivity index (χ0n) is 11.6. The minimum Gasteiger partial charge on any atom is -0.489 e. The monoisotopic (exact) mass is 361 g/mol. The van der Waals surface area contributed by atoms with E-state index in [9.17, 15) is 8.42 Å². The highest BCUT2D eigenvalue weighted by Gasteiger charge is 2.22. The highest BCUT2D eigenvalue weighted by Crippen LogP contribution is 2.33. The molecule has 112 valence electrons. The van der Waals surface area contributed by atoms with Crippen LogP contribution in [-0.4, -0.2) is 14.5 Å². The molecule has 1 aromatic rings. The summed E-state index contributed by atoms with van der Waals surface area (Å²) in [7, 11) is -3.79. The molecule has 0 radical (unpaired) electrons. The molecule has 0 heterocycles.